The van der Waals surface area contributed by atoms with E-state index >= 15 is 0 Å². The first kappa shape index (κ1) is 24.3. The molecule has 1 fully saturated rings. The standard InChI is InChI=1S/C27H25IN2O3S/c1-5-33-23-15-19(14-22(28)25(23)32-4)16-24-26(31)30(21-12-8-18(3)9-13-21)27(34-24)29-20-10-6-17(2)7-11-20/h6-16H,5H2,1-4H3/b24-16-,29-27?. The molecule has 34 heavy (non-hydrogen) atoms. The number of thioether (sulfide) groups is 1. The third-order valence-electron chi connectivity index (χ3n) is 5.19. The summed E-state index contributed by atoms with van der Waals surface area (Å²) in [5.74, 6) is 1.24. The van der Waals surface area contributed by atoms with Crippen LogP contribution in [0.1, 0.15) is 23.6 Å². The fourth-order valence-corrected chi connectivity index (χ4v) is 5.33. The summed E-state index contributed by atoms with van der Waals surface area (Å²) in [5, 5.41) is 0.622. The van der Waals surface area contributed by atoms with E-state index in [1.54, 1.807) is 12.0 Å². The van der Waals surface area contributed by atoms with Gasteiger partial charge in [-0.3, -0.25) is 9.69 Å². The van der Waals surface area contributed by atoms with Gasteiger partial charge in [0.2, 0.25) is 0 Å². The molecule has 1 saturated heterocycles. The van der Waals surface area contributed by atoms with E-state index in [1.807, 2.05) is 87.5 Å². The third-order valence-corrected chi connectivity index (χ3v) is 6.96. The molecule has 0 aliphatic carbocycles. The number of anilines is 1. The second-order valence-corrected chi connectivity index (χ2v) is 9.96. The number of halogens is 1. The molecule has 1 amide bonds. The lowest BCUT2D eigenvalue weighted by Crippen LogP contribution is -2.28. The molecule has 1 aliphatic rings. The van der Waals surface area contributed by atoms with Crippen molar-refractivity contribution in [3.63, 3.8) is 0 Å². The van der Waals surface area contributed by atoms with Crippen LogP contribution in [0.15, 0.2) is 70.6 Å². The van der Waals surface area contributed by atoms with Crippen molar-refractivity contribution in [3.8, 4) is 11.5 Å². The molecule has 1 aliphatic heterocycles. The highest BCUT2D eigenvalue weighted by atomic mass is 127. The number of carbonyl (C=O) groups is 1. The largest absolute Gasteiger partial charge is 0.492 e. The predicted molar refractivity (Wildman–Crippen MR) is 149 cm³/mol. The van der Waals surface area contributed by atoms with Crippen molar-refractivity contribution < 1.29 is 14.3 Å². The molecule has 0 bridgehead atoms. The zero-order valence-electron chi connectivity index (χ0n) is 19.5. The van der Waals surface area contributed by atoms with Crippen LogP contribution < -0.4 is 14.4 Å². The topological polar surface area (TPSA) is 51.1 Å². The molecule has 3 aromatic carbocycles. The lowest BCUT2D eigenvalue weighted by molar-refractivity contribution is -0.113. The number of nitrogens with zero attached hydrogens (tertiary/aromatic N) is 2. The Labute approximate surface area is 218 Å². The molecular formula is C27H25IN2O3S. The van der Waals surface area contributed by atoms with Crippen molar-refractivity contribution in [2.45, 2.75) is 20.8 Å². The molecule has 3 aromatic rings. The summed E-state index contributed by atoms with van der Waals surface area (Å²) >= 11 is 3.59. The summed E-state index contributed by atoms with van der Waals surface area (Å²) in [7, 11) is 1.63. The highest BCUT2D eigenvalue weighted by Crippen LogP contribution is 2.39. The number of amidine groups is 1. The van der Waals surface area contributed by atoms with Crippen LogP contribution in [-0.4, -0.2) is 24.8 Å². The average molecular weight is 584 g/mol. The monoisotopic (exact) mass is 584 g/mol. The Kier molecular flexibility index (Phi) is 7.63. The van der Waals surface area contributed by atoms with E-state index in [0.29, 0.717) is 28.2 Å². The Hall–Kier alpha value is -2.78. The first-order valence-corrected chi connectivity index (χ1v) is 12.8. The maximum absolute atomic E-state index is 13.6. The number of ether oxygens (including phenoxy) is 2. The van der Waals surface area contributed by atoms with E-state index in [4.69, 9.17) is 14.5 Å². The van der Waals surface area contributed by atoms with Crippen LogP contribution in [0.4, 0.5) is 11.4 Å². The second-order valence-electron chi connectivity index (χ2n) is 7.78. The molecule has 0 unspecified atom stereocenters. The lowest BCUT2D eigenvalue weighted by Gasteiger charge is -2.16. The van der Waals surface area contributed by atoms with E-state index < -0.39 is 0 Å². The first-order chi connectivity index (χ1) is 16.4. The van der Waals surface area contributed by atoms with E-state index in [9.17, 15) is 4.79 Å². The number of rotatable bonds is 6. The van der Waals surface area contributed by atoms with Crippen LogP contribution in [0.2, 0.25) is 0 Å². The van der Waals surface area contributed by atoms with Gasteiger partial charge in [0.15, 0.2) is 16.7 Å². The van der Waals surface area contributed by atoms with Crippen LogP contribution in [-0.2, 0) is 4.79 Å². The first-order valence-electron chi connectivity index (χ1n) is 10.9. The van der Waals surface area contributed by atoms with Gasteiger partial charge in [0.05, 0.1) is 33.6 Å². The van der Waals surface area contributed by atoms with Crippen molar-refractivity contribution in [2.75, 3.05) is 18.6 Å². The number of hydrogen-bond acceptors (Lipinski definition) is 5. The van der Waals surface area contributed by atoms with Gasteiger partial charge >= 0.3 is 0 Å². The van der Waals surface area contributed by atoms with Crippen molar-refractivity contribution in [1.82, 2.24) is 0 Å². The van der Waals surface area contributed by atoms with E-state index in [-0.39, 0.29) is 5.91 Å². The minimum atomic E-state index is -0.108. The Bertz CT molecular complexity index is 1270. The van der Waals surface area contributed by atoms with Gasteiger partial charge in [0.25, 0.3) is 5.91 Å². The molecule has 174 valence electrons. The fraction of sp³-hybridized carbons (Fsp3) is 0.185. The fourth-order valence-electron chi connectivity index (χ4n) is 3.48. The molecular weight excluding hydrogens is 559 g/mol. The number of methoxy groups -OCH3 is 1. The molecule has 1 heterocycles. The summed E-state index contributed by atoms with van der Waals surface area (Å²) in [5.41, 5.74) is 4.75. The number of carbonyl (C=O) groups excluding carboxylic acids is 1. The quantitative estimate of drug-likeness (QED) is 0.229. The van der Waals surface area contributed by atoms with Gasteiger partial charge in [0.1, 0.15) is 0 Å². The highest BCUT2D eigenvalue weighted by molar-refractivity contribution is 14.1. The van der Waals surface area contributed by atoms with Crippen LogP contribution in [0.5, 0.6) is 11.5 Å². The number of benzene rings is 3. The van der Waals surface area contributed by atoms with Gasteiger partial charge in [-0.1, -0.05) is 35.4 Å². The molecule has 0 radical (unpaired) electrons. The van der Waals surface area contributed by atoms with E-state index in [2.05, 4.69) is 22.6 Å². The molecule has 0 aromatic heterocycles. The van der Waals surface area contributed by atoms with Gasteiger partial charge in [-0.15, -0.1) is 0 Å². The minimum absolute atomic E-state index is 0.108. The molecule has 7 heteroatoms. The van der Waals surface area contributed by atoms with Crippen molar-refractivity contribution in [2.24, 2.45) is 4.99 Å². The zero-order valence-corrected chi connectivity index (χ0v) is 22.4. The third kappa shape index (κ3) is 5.31. The van der Waals surface area contributed by atoms with E-state index in [0.717, 1.165) is 31.6 Å². The summed E-state index contributed by atoms with van der Waals surface area (Å²) in [6.07, 6.45) is 1.88. The molecule has 0 saturated carbocycles. The smallest absolute Gasteiger partial charge is 0.271 e. The van der Waals surface area contributed by atoms with Crippen molar-refractivity contribution >= 4 is 62.9 Å². The second kappa shape index (κ2) is 10.7. The van der Waals surface area contributed by atoms with Gasteiger partial charge in [-0.05, 0) is 103 Å². The number of hydrogen-bond donors (Lipinski definition) is 0. The molecule has 0 N–H and O–H groups in total. The Balaban J connectivity index is 1.77. The Morgan fingerprint density at radius 1 is 1.03 bits per heavy atom. The van der Waals surface area contributed by atoms with Crippen molar-refractivity contribution in [3.05, 3.63) is 85.8 Å². The maximum Gasteiger partial charge on any atom is 0.271 e. The molecule has 4 rings (SSSR count). The Morgan fingerprint density at radius 2 is 1.68 bits per heavy atom. The summed E-state index contributed by atoms with van der Waals surface area (Å²) in [4.78, 5) is 20.6. The summed E-state index contributed by atoms with van der Waals surface area (Å²) in [6.45, 7) is 6.52. The average Bonchev–Trinajstić information content (AvgIpc) is 3.10. The number of aliphatic imine (C=N–C) groups is 1. The summed E-state index contributed by atoms with van der Waals surface area (Å²) in [6, 6.07) is 19.7. The SMILES string of the molecule is CCOc1cc(/C=C2\SC(=Nc3ccc(C)cc3)N(c3ccc(C)cc3)C2=O)cc(I)c1OC. The number of amides is 1. The van der Waals surface area contributed by atoms with Crippen LogP contribution in [0.3, 0.4) is 0 Å². The van der Waals surface area contributed by atoms with Crippen LogP contribution >= 0.6 is 34.4 Å². The van der Waals surface area contributed by atoms with Crippen LogP contribution in [0.25, 0.3) is 6.08 Å². The zero-order chi connectivity index (χ0) is 24.2. The van der Waals surface area contributed by atoms with Gasteiger partial charge in [-0.2, -0.15) is 0 Å². The van der Waals surface area contributed by atoms with Gasteiger partial charge in [0, 0.05) is 0 Å². The predicted octanol–water partition coefficient (Wildman–Crippen LogP) is 7.12. The maximum atomic E-state index is 13.6. The molecule has 0 atom stereocenters. The Morgan fingerprint density at radius 3 is 2.29 bits per heavy atom. The highest BCUT2D eigenvalue weighted by Gasteiger charge is 2.34. The van der Waals surface area contributed by atoms with Crippen LogP contribution in [0, 0.1) is 17.4 Å². The van der Waals surface area contributed by atoms with E-state index in [1.165, 1.54) is 11.8 Å². The summed E-state index contributed by atoms with van der Waals surface area (Å²) < 4.78 is 12.2. The lowest BCUT2D eigenvalue weighted by atomic mass is 10.1. The van der Waals surface area contributed by atoms with Gasteiger partial charge in [-0.25, -0.2) is 4.99 Å². The van der Waals surface area contributed by atoms with Gasteiger partial charge < -0.3 is 9.47 Å². The number of aryl methyl sites for hydroxylation is 2. The molecule has 0 spiro atoms. The minimum Gasteiger partial charge on any atom is -0.492 e. The van der Waals surface area contributed by atoms with Crippen molar-refractivity contribution in [1.29, 1.82) is 0 Å². The normalized spacial score (nSPS) is 15.9. The molecule has 5 nitrogen and oxygen atoms in total.